The van der Waals surface area contributed by atoms with Gasteiger partial charge in [-0.1, -0.05) is 58.4 Å². The smallest absolute Gasteiger partial charge is 0.386 e. The molecule has 0 radical (unpaired) electrons. The predicted molar refractivity (Wildman–Crippen MR) is 210 cm³/mol. The number of nitrogen functional groups attached to an aromatic ring is 1. The fourth-order valence-corrected chi connectivity index (χ4v) is 8.75. The van der Waals surface area contributed by atoms with Crippen LogP contribution in [-0.2, 0) is 50.7 Å². The SMILES string of the molecule is CC(C)CCCCC=CC(=O)SCCNC(=O)CCNC(=O)C(O)C(C)(C)COP(=O)(O)OP(=O)(O)OC[C@H]1O[C@@H](n2cnc3c(N)ncnc32)[C@H](O)[C@@H]1OP(=O)(O)O. The molecule has 3 unspecified atom stereocenters. The molecule has 0 aliphatic carbocycles. The van der Waals surface area contributed by atoms with Gasteiger partial charge in [0.25, 0.3) is 0 Å². The molecule has 334 valence electrons. The van der Waals surface area contributed by atoms with E-state index in [4.69, 9.17) is 19.5 Å². The van der Waals surface area contributed by atoms with Crippen molar-refractivity contribution in [1.82, 2.24) is 30.2 Å². The number of imidazole rings is 1. The zero-order valence-electron chi connectivity index (χ0n) is 32.6. The molecule has 7 atom stereocenters. The summed E-state index contributed by atoms with van der Waals surface area (Å²) in [5, 5.41) is 26.3. The standard InChI is InChI=1S/C31H52N7O17P3S/c1-19(2)9-7-5-6-8-10-22(40)59-14-13-33-21(39)11-12-34-29(43)26(42)31(3,4)16-52-58(49,50)55-57(47,48)51-15-20-25(54-56(44,45)46)24(41)30(53-20)38-18-37-23-27(32)35-17-36-28(23)38/h8,10,17-20,24-26,30,41-42H,5-7,9,11-16H2,1-4H3,(H,33,39)(H,34,43)(H,47,48)(H,49,50)(H2,32,35,36)(H2,44,45,46)/t20-,24-,25-,26?,30-/m1/s1. The average molecular weight is 920 g/mol. The number of nitrogens with zero attached hydrogens (tertiary/aromatic N) is 4. The van der Waals surface area contributed by atoms with Crippen molar-refractivity contribution in [2.24, 2.45) is 11.3 Å². The number of ether oxygens (including phenoxy) is 1. The number of fused-ring (bicyclic) bond motifs is 1. The number of aromatic nitrogens is 4. The zero-order valence-corrected chi connectivity index (χ0v) is 36.1. The van der Waals surface area contributed by atoms with Crippen molar-refractivity contribution in [2.75, 3.05) is 37.8 Å². The van der Waals surface area contributed by atoms with Crippen LogP contribution in [0.2, 0.25) is 0 Å². The monoisotopic (exact) mass is 919 g/mol. The number of amides is 2. The Bertz CT molecular complexity index is 1910. The van der Waals surface area contributed by atoms with Crippen molar-refractivity contribution in [2.45, 2.75) is 90.4 Å². The molecule has 1 fully saturated rings. The van der Waals surface area contributed by atoms with Gasteiger partial charge < -0.3 is 50.9 Å². The Balaban J connectivity index is 1.43. The van der Waals surface area contributed by atoms with Crippen LogP contribution in [0.4, 0.5) is 5.82 Å². The number of hydrogen-bond donors (Lipinski definition) is 9. The number of phosphoric acid groups is 3. The number of thioether (sulfide) groups is 1. The largest absolute Gasteiger partial charge is 0.481 e. The topological polar surface area (TPSA) is 364 Å². The van der Waals surface area contributed by atoms with Gasteiger partial charge in [0, 0.05) is 30.7 Å². The lowest BCUT2D eigenvalue weighted by Crippen LogP contribution is -2.46. The quantitative estimate of drug-likeness (QED) is 0.0386. The van der Waals surface area contributed by atoms with Crippen LogP contribution in [-0.4, -0.2) is 123 Å². The molecule has 1 aliphatic heterocycles. The second kappa shape index (κ2) is 22.4. The van der Waals surface area contributed by atoms with Gasteiger partial charge in [-0.3, -0.25) is 32.5 Å². The first-order valence-electron chi connectivity index (χ1n) is 18.1. The second-order valence-corrected chi connectivity index (χ2v) is 19.7. The van der Waals surface area contributed by atoms with Crippen molar-refractivity contribution in [3.05, 3.63) is 24.8 Å². The molecule has 28 heteroatoms. The van der Waals surface area contributed by atoms with Crippen molar-refractivity contribution in [3.63, 3.8) is 0 Å². The molecule has 0 bridgehead atoms. The van der Waals surface area contributed by atoms with Crippen LogP contribution in [0.25, 0.3) is 11.2 Å². The Morgan fingerprint density at radius 1 is 1.05 bits per heavy atom. The maximum Gasteiger partial charge on any atom is 0.481 e. The van der Waals surface area contributed by atoms with Gasteiger partial charge in [0.05, 0.1) is 19.5 Å². The minimum Gasteiger partial charge on any atom is -0.386 e. The fourth-order valence-electron chi connectivity index (χ4n) is 5.32. The van der Waals surface area contributed by atoms with Crippen molar-refractivity contribution < 1.29 is 80.5 Å². The maximum absolute atomic E-state index is 12.7. The van der Waals surface area contributed by atoms with Gasteiger partial charge in [-0.15, -0.1) is 0 Å². The number of anilines is 1. The molecule has 2 amide bonds. The fraction of sp³-hybridized carbons (Fsp3) is 0.677. The Kier molecular flexibility index (Phi) is 19.2. The first-order valence-corrected chi connectivity index (χ1v) is 23.6. The van der Waals surface area contributed by atoms with E-state index in [9.17, 15) is 57.9 Å². The molecule has 2 aromatic rings. The van der Waals surface area contributed by atoms with Gasteiger partial charge in [0.15, 0.2) is 17.7 Å². The van der Waals surface area contributed by atoms with Crippen LogP contribution < -0.4 is 16.4 Å². The third-order valence-corrected chi connectivity index (χ3v) is 12.3. The van der Waals surface area contributed by atoms with Crippen LogP contribution in [0, 0.1) is 11.3 Å². The molecule has 3 rings (SSSR count). The van der Waals surface area contributed by atoms with Gasteiger partial charge >= 0.3 is 23.5 Å². The van der Waals surface area contributed by atoms with E-state index in [0.717, 1.165) is 54.7 Å². The highest BCUT2D eigenvalue weighted by Crippen LogP contribution is 2.61. The van der Waals surface area contributed by atoms with E-state index in [1.54, 1.807) is 0 Å². The number of nitrogens with two attached hydrogens (primary N) is 1. The van der Waals surface area contributed by atoms with E-state index in [0.29, 0.717) is 11.7 Å². The highest BCUT2D eigenvalue weighted by atomic mass is 32.2. The predicted octanol–water partition coefficient (Wildman–Crippen LogP) is 1.44. The number of phosphoric ester groups is 3. The van der Waals surface area contributed by atoms with E-state index in [-0.39, 0.29) is 41.6 Å². The number of aliphatic hydroxyl groups is 2. The summed E-state index contributed by atoms with van der Waals surface area (Å²) in [6, 6.07) is 0. The summed E-state index contributed by atoms with van der Waals surface area (Å²) in [5.41, 5.74) is 4.27. The van der Waals surface area contributed by atoms with Crippen LogP contribution in [0.5, 0.6) is 0 Å². The zero-order chi connectivity index (χ0) is 44.2. The van der Waals surface area contributed by atoms with Gasteiger partial charge in [0.1, 0.15) is 36.3 Å². The minimum absolute atomic E-state index is 0.0310. The van der Waals surface area contributed by atoms with Crippen LogP contribution in [0.1, 0.15) is 66.0 Å². The minimum atomic E-state index is -5.57. The number of carbonyl (C=O) groups excluding carboxylic acids is 3. The molecule has 10 N–H and O–H groups in total. The Morgan fingerprint density at radius 2 is 1.75 bits per heavy atom. The van der Waals surface area contributed by atoms with E-state index in [2.05, 4.69) is 48.3 Å². The molecular formula is C31H52N7O17P3S. The molecule has 3 heterocycles. The van der Waals surface area contributed by atoms with E-state index in [1.165, 1.54) is 19.9 Å². The molecule has 0 aromatic carbocycles. The molecule has 2 aromatic heterocycles. The van der Waals surface area contributed by atoms with E-state index >= 15 is 0 Å². The van der Waals surface area contributed by atoms with Crippen molar-refractivity contribution >= 4 is 69.1 Å². The van der Waals surface area contributed by atoms with Crippen molar-refractivity contribution in [3.8, 4) is 0 Å². The van der Waals surface area contributed by atoms with Gasteiger partial charge in [-0.25, -0.2) is 28.6 Å². The number of carbonyl (C=O) groups is 3. The summed E-state index contributed by atoms with van der Waals surface area (Å²) in [4.78, 5) is 87.7. The highest BCUT2D eigenvalue weighted by molar-refractivity contribution is 8.14. The molecule has 1 aliphatic rings. The summed E-state index contributed by atoms with van der Waals surface area (Å²) in [6.45, 7) is 4.82. The Hall–Kier alpha value is -2.70. The molecule has 0 saturated carbocycles. The molecule has 0 spiro atoms. The second-order valence-electron chi connectivity index (χ2n) is 14.3. The number of aliphatic hydroxyl groups excluding tert-OH is 2. The lowest BCUT2D eigenvalue weighted by molar-refractivity contribution is -0.137. The third kappa shape index (κ3) is 16.9. The highest BCUT2D eigenvalue weighted by Gasteiger charge is 2.50. The number of hydrogen-bond acceptors (Lipinski definition) is 18. The third-order valence-electron chi connectivity index (χ3n) is 8.40. The average Bonchev–Trinajstić information content (AvgIpc) is 3.69. The Morgan fingerprint density at radius 3 is 2.42 bits per heavy atom. The number of allylic oxidation sites excluding steroid dienone is 1. The summed E-state index contributed by atoms with van der Waals surface area (Å²) in [6.07, 6.45) is 0.508. The van der Waals surface area contributed by atoms with Crippen LogP contribution >= 0.6 is 35.2 Å². The first-order chi connectivity index (χ1) is 27.4. The number of nitrogens with one attached hydrogen (secondary N) is 2. The van der Waals surface area contributed by atoms with Gasteiger partial charge in [-0.05, 0) is 24.8 Å². The normalized spacial score (nSPS) is 21.4. The summed E-state index contributed by atoms with van der Waals surface area (Å²) in [5.74, 6) is -0.468. The number of unbranched alkanes of at least 4 members (excludes halogenated alkanes) is 2. The summed E-state index contributed by atoms with van der Waals surface area (Å²) < 4.78 is 62.2. The lowest BCUT2D eigenvalue weighted by atomic mass is 9.87. The van der Waals surface area contributed by atoms with Gasteiger partial charge in [-0.2, -0.15) is 4.31 Å². The molecule has 1 saturated heterocycles. The molecular weight excluding hydrogens is 867 g/mol. The first kappa shape index (κ1) is 50.7. The van der Waals surface area contributed by atoms with E-state index < -0.39 is 84.6 Å². The lowest BCUT2D eigenvalue weighted by Gasteiger charge is -2.30. The summed E-state index contributed by atoms with van der Waals surface area (Å²) >= 11 is 1.05. The van der Waals surface area contributed by atoms with E-state index in [1.807, 2.05) is 6.08 Å². The van der Waals surface area contributed by atoms with Crippen molar-refractivity contribution in [1.29, 1.82) is 0 Å². The van der Waals surface area contributed by atoms with Crippen LogP contribution in [0.15, 0.2) is 24.8 Å². The number of rotatable bonds is 25. The maximum atomic E-state index is 12.7. The molecule has 59 heavy (non-hydrogen) atoms. The Labute approximate surface area is 343 Å². The van der Waals surface area contributed by atoms with Crippen LogP contribution in [0.3, 0.4) is 0 Å². The molecule has 24 nitrogen and oxygen atoms in total. The summed E-state index contributed by atoms with van der Waals surface area (Å²) in [7, 11) is -16.4. The van der Waals surface area contributed by atoms with Gasteiger partial charge in [0.2, 0.25) is 16.9 Å².